The second-order valence-corrected chi connectivity index (χ2v) is 9.25. The molecule has 8 heteroatoms. The number of hydrogen-bond acceptors (Lipinski definition) is 3. The first-order valence-electron chi connectivity index (χ1n) is 12.1. The summed E-state index contributed by atoms with van der Waals surface area (Å²) in [6.45, 7) is 1.48. The van der Waals surface area contributed by atoms with Gasteiger partial charge in [-0.2, -0.15) is 13.2 Å². The molecule has 2 aliphatic heterocycles. The Kier molecular flexibility index (Phi) is 5.59. The van der Waals surface area contributed by atoms with Crippen molar-refractivity contribution in [1.29, 1.82) is 0 Å². The lowest BCUT2D eigenvalue weighted by Crippen LogP contribution is -2.48. The highest BCUT2D eigenvalue weighted by atomic mass is 19.4. The highest BCUT2D eigenvalue weighted by Crippen LogP contribution is 2.41. The fraction of sp³-hybridized carbons (Fsp3) is 0.172. The molecule has 2 amide bonds. The van der Waals surface area contributed by atoms with Crippen LogP contribution in [-0.4, -0.2) is 30.1 Å². The first-order chi connectivity index (χ1) is 17.9. The van der Waals surface area contributed by atoms with Gasteiger partial charge in [-0.3, -0.25) is 4.90 Å². The number of nitrogens with one attached hydrogen (secondary N) is 1. The number of halogens is 3. The average molecular weight is 501 g/mol. The van der Waals surface area contributed by atoms with E-state index in [1.165, 1.54) is 6.07 Å². The maximum absolute atomic E-state index is 13.6. The number of pyridine rings is 1. The van der Waals surface area contributed by atoms with Gasteiger partial charge in [-0.15, -0.1) is 0 Å². The summed E-state index contributed by atoms with van der Waals surface area (Å²) in [6.07, 6.45) is -3.66. The lowest BCUT2D eigenvalue weighted by Gasteiger charge is -2.36. The van der Waals surface area contributed by atoms with Gasteiger partial charge < -0.3 is 10.2 Å². The molecule has 2 bridgehead atoms. The number of hydrogen-bond donors (Lipinski definition) is 1. The van der Waals surface area contributed by atoms with Gasteiger partial charge >= 0.3 is 12.2 Å². The highest BCUT2D eigenvalue weighted by Gasteiger charge is 2.40. The molecule has 1 fully saturated rings. The van der Waals surface area contributed by atoms with Crippen LogP contribution >= 0.6 is 0 Å². The van der Waals surface area contributed by atoms with Gasteiger partial charge in [0.25, 0.3) is 0 Å². The Morgan fingerprint density at radius 2 is 1.62 bits per heavy atom. The molecule has 0 radical (unpaired) electrons. The summed E-state index contributed by atoms with van der Waals surface area (Å²) in [5.74, 6) is 0.459. The van der Waals surface area contributed by atoms with Crippen LogP contribution in [0.1, 0.15) is 12.0 Å². The van der Waals surface area contributed by atoms with Crippen LogP contribution in [0.15, 0.2) is 91.0 Å². The number of benzene rings is 3. The Bertz CT molecular complexity index is 1470. The third kappa shape index (κ3) is 4.39. The number of rotatable bonds is 3. The number of amides is 2. The van der Waals surface area contributed by atoms with Crippen molar-refractivity contribution in [2.75, 3.05) is 28.2 Å². The van der Waals surface area contributed by atoms with E-state index in [4.69, 9.17) is 4.98 Å². The fourth-order valence-corrected chi connectivity index (χ4v) is 5.08. The lowest BCUT2D eigenvalue weighted by molar-refractivity contribution is -0.137. The van der Waals surface area contributed by atoms with E-state index in [0.717, 1.165) is 41.9 Å². The van der Waals surface area contributed by atoms with Crippen molar-refractivity contribution in [2.24, 2.45) is 0 Å². The summed E-state index contributed by atoms with van der Waals surface area (Å²) in [5, 5.41) is 3.01. The number of aromatic nitrogens is 1. The van der Waals surface area contributed by atoms with Crippen molar-refractivity contribution in [2.45, 2.75) is 18.6 Å². The predicted octanol–water partition coefficient (Wildman–Crippen LogP) is 7.07. The van der Waals surface area contributed by atoms with E-state index in [9.17, 15) is 18.0 Å². The first-order valence-corrected chi connectivity index (χ1v) is 12.1. The van der Waals surface area contributed by atoms with Crippen molar-refractivity contribution in [3.63, 3.8) is 0 Å². The first kappa shape index (κ1) is 23.1. The molecular weight excluding hydrogens is 477 g/mol. The zero-order valence-electron chi connectivity index (χ0n) is 19.7. The molecule has 0 saturated carbocycles. The van der Waals surface area contributed by atoms with E-state index in [1.807, 2.05) is 60.7 Å². The van der Waals surface area contributed by atoms with E-state index < -0.39 is 11.7 Å². The molecule has 5 nitrogen and oxygen atoms in total. The summed E-state index contributed by atoms with van der Waals surface area (Å²) in [5.41, 5.74) is 3.48. The van der Waals surface area contributed by atoms with Crippen molar-refractivity contribution in [3.05, 3.63) is 96.6 Å². The molecule has 186 valence electrons. The minimum Gasteiger partial charge on any atom is -0.366 e. The molecule has 0 aliphatic carbocycles. The average Bonchev–Trinajstić information content (AvgIpc) is 3.33. The molecule has 0 unspecified atom stereocenters. The molecule has 3 aromatic carbocycles. The van der Waals surface area contributed by atoms with E-state index in [-0.39, 0.29) is 12.1 Å². The highest BCUT2D eigenvalue weighted by molar-refractivity contribution is 6.05. The van der Waals surface area contributed by atoms with Gasteiger partial charge in [0.05, 0.1) is 23.0 Å². The van der Waals surface area contributed by atoms with Crippen molar-refractivity contribution < 1.29 is 18.0 Å². The number of fused-ring (bicyclic) bond motifs is 4. The van der Waals surface area contributed by atoms with E-state index in [2.05, 4.69) is 10.2 Å². The Morgan fingerprint density at radius 1 is 0.865 bits per heavy atom. The second-order valence-electron chi connectivity index (χ2n) is 9.25. The lowest BCUT2D eigenvalue weighted by atomic mass is 10.1. The van der Waals surface area contributed by atoms with Crippen LogP contribution in [0.2, 0.25) is 0 Å². The Balaban J connectivity index is 1.33. The monoisotopic (exact) mass is 500 g/mol. The zero-order chi connectivity index (χ0) is 25.6. The Labute approximate surface area is 212 Å². The van der Waals surface area contributed by atoms with Crippen LogP contribution in [0.5, 0.6) is 0 Å². The van der Waals surface area contributed by atoms with Gasteiger partial charge in [0.2, 0.25) is 0 Å². The van der Waals surface area contributed by atoms with Crippen molar-refractivity contribution >= 4 is 23.2 Å². The number of anilines is 3. The number of alkyl halides is 3. The van der Waals surface area contributed by atoms with Gasteiger partial charge in [0, 0.05) is 24.3 Å². The largest absolute Gasteiger partial charge is 0.416 e. The molecule has 2 aliphatic rings. The van der Waals surface area contributed by atoms with Gasteiger partial charge in [-0.25, -0.2) is 9.78 Å². The SMILES string of the molecule is O=C(Nc1cccc(-c2ccccc2)c1)N1c2nc(-c3cccc(C(F)(F)F)c3)ccc2N2CC[C@H]1C2. The smallest absolute Gasteiger partial charge is 0.366 e. The third-order valence-corrected chi connectivity index (χ3v) is 6.88. The van der Waals surface area contributed by atoms with Crippen LogP contribution in [0.4, 0.5) is 35.2 Å². The molecule has 3 heterocycles. The van der Waals surface area contributed by atoms with Crippen LogP contribution < -0.4 is 15.1 Å². The zero-order valence-corrected chi connectivity index (χ0v) is 19.7. The Hall–Kier alpha value is -4.33. The number of urea groups is 1. The second kappa shape index (κ2) is 8.96. The normalized spacial score (nSPS) is 16.5. The third-order valence-electron chi connectivity index (χ3n) is 6.88. The molecular formula is C29H23F3N4O. The van der Waals surface area contributed by atoms with Crippen LogP contribution in [0, 0.1) is 0 Å². The van der Waals surface area contributed by atoms with Gasteiger partial charge in [0.1, 0.15) is 0 Å². The van der Waals surface area contributed by atoms with Gasteiger partial charge in [-0.05, 0) is 53.9 Å². The summed E-state index contributed by atoms with van der Waals surface area (Å²) in [7, 11) is 0. The van der Waals surface area contributed by atoms with E-state index in [0.29, 0.717) is 29.3 Å². The maximum Gasteiger partial charge on any atom is 0.416 e. The van der Waals surface area contributed by atoms with Crippen LogP contribution in [0.25, 0.3) is 22.4 Å². The number of carbonyl (C=O) groups excluding carboxylic acids is 1. The van der Waals surface area contributed by atoms with Gasteiger partial charge in [-0.1, -0.05) is 54.6 Å². The Morgan fingerprint density at radius 3 is 2.43 bits per heavy atom. The van der Waals surface area contributed by atoms with E-state index in [1.54, 1.807) is 17.0 Å². The molecule has 1 aromatic heterocycles. The van der Waals surface area contributed by atoms with Gasteiger partial charge in [0.15, 0.2) is 5.82 Å². The van der Waals surface area contributed by atoms with E-state index >= 15 is 0 Å². The molecule has 1 N–H and O–H groups in total. The summed E-state index contributed by atoms with van der Waals surface area (Å²) < 4.78 is 39.9. The summed E-state index contributed by atoms with van der Waals surface area (Å²) in [4.78, 5) is 22.1. The maximum atomic E-state index is 13.6. The molecule has 1 saturated heterocycles. The minimum atomic E-state index is -4.45. The van der Waals surface area contributed by atoms with Crippen LogP contribution in [-0.2, 0) is 6.18 Å². The molecule has 4 aromatic rings. The molecule has 6 rings (SSSR count). The predicted molar refractivity (Wildman–Crippen MR) is 139 cm³/mol. The summed E-state index contributed by atoms with van der Waals surface area (Å²) in [6, 6.07) is 25.8. The topological polar surface area (TPSA) is 48.5 Å². The fourth-order valence-electron chi connectivity index (χ4n) is 5.08. The quantitative estimate of drug-likeness (QED) is 0.328. The van der Waals surface area contributed by atoms with Crippen molar-refractivity contribution in [1.82, 2.24) is 4.98 Å². The molecule has 0 spiro atoms. The minimum absolute atomic E-state index is 0.0749. The standard InChI is InChI=1S/C29H23F3N4O/c30-29(31,32)22-10-4-9-21(16-22)25-12-13-26-27(34-25)36(24-14-15-35(26)18-24)28(37)33-23-11-5-8-20(17-23)19-6-2-1-3-7-19/h1-13,16-17,24H,14-15,18H2,(H,33,37)/t24-/m0/s1. The molecule has 37 heavy (non-hydrogen) atoms. The molecule has 1 atom stereocenters. The number of carbonyl (C=O) groups is 1. The summed E-state index contributed by atoms with van der Waals surface area (Å²) >= 11 is 0. The van der Waals surface area contributed by atoms with Crippen molar-refractivity contribution in [3.8, 4) is 22.4 Å². The number of nitrogens with zero attached hydrogens (tertiary/aromatic N) is 3. The van der Waals surface area contributed by atoms with Crippen LogP contribution in [0.3, 0.4) is 0 Å².